The van der Waals surface area contributed by atoms with Crippen molar-refractivity contribution in [2.75, 3.05) is 46.4 Å². The van der Waals surface area contributed by atoms with Gasteiger partial charge in [0.05, 0.1) is 13.2 Å². The van der Waals surface area contributed by atoms with E-state index >= 15 is 0 Å². The minimum Gasteiger partial charge on any atom is -0.493 e. The fourth-order valence-corrected chi connectivity index (χ4v) is 2.95. The first kappa shape index (κ1) is 14.4. The number of benzene rings is 1. The van der Waals surface area contributed by atoms with Crippen LogP contribution in [0, 0.1) is 0 Å². The fraction of sp³-hybridized carbons (Fsp3) is 0.562. The molecule has 114 valence electrons. The second-order valence-corrected chi connectivity index (χ2v) is 5.84. The molecule has 0 atom stereocenters. The summed E-state index contributed by atoms with van der Waals surface area (Å²) in [6, 6.07) is 6.34. The number of hydrogen-bond donors (Lipinski definition) is 1. The number of fused-ring (bicyclic) bond motifs is 1. The molecule has 5 nitrogen and oxygen atoms in total. The number of ether oxygens (including phenoxy) is 1. The van der Waals surface area contributed by atoms with Gasteiger partial charge in [0.2, 0.25) is 5.91 Å². The first-order chi connectivity index (χ1) is 10.2. The number of nitrogens with zero attached hydrogens (tertiary/aromatic N) is 2. The van der Waals surface area contributed by atoms with Gasteiger partial charge in [-0.2, -0.15) is 0 Å². The molecule has 1 fully saturated rings. The van der Waals surface area contributed by atoms with Gasteiger partial charge in [-0.25, -0.2) is 0 Å². The topological polar surface area (TPSA) is 44.8 Å². The molecule has 1 amide bonds. The van der Waals surface area contributed by atoms with E-state index in [-0.39, 0.29) is 5.91 Å². The van der Waals surface area contributed by atoms with E-state index in [2.05, 4.69) is 22.3 Å². The molecule has 2 aliphatic heterocycles. The molecule has 0 aromatic heterocycles. The predicted molar refractivity (Wildman–Crippen MR) is 81.4 cm³/mol. The summed E-state index contributed by atoms with van der Waals surface area (Å²) in [6.07, 6.45) is 0.993. The standard InChI is InChI=1S/C16H23N3O2/c1-18(12-16(20)19-7-5-17-6-8-19)11-13-2-3-15-14(10-13)4-9-21-15/h2-3,10,17H,4-9,11-12H2,1H3. The van der Waals surface area contributed by atoms with E-state index in [0.29, 0.717) is 6.54 Å². The molecule has 2 aliphatic rings. The monoisotopic (exact) mass is 289 g/mol. The van der Waals surface area contributed by atoms with Crippen molar-refractivity contribution in [1.29, 1.82) is 0 Å². The molecular weight excluding hydrogens is 266 g/mol. The zero-order valence-corrected chi connectivity index (χ0v) is 12.6. The summed E-state index contributed by atoms with van der Waals surface area (Å²) in [7, 11) is 2.00. The van der Waals surface area contributed by atoms with Gasteiger partial charge in [0.25, 0.3) is 0 Å². The van der Waals surface area contributed by atoms with E-state index in [1.165, 1.54) is 11.1 Å². The molecule has 3 rings (SSSR count). The van der Waals surface area contributed by atoms with Gasteiger partial charge in [-0.05, 0) is 24.2 Å². The third kappa shape index (κ3) is 3.54. The Morgan fingerprint density at radius 1 is 1.38 bits per heavy atom. The van der Waals surface area contributed by atoms with Gasteiger partial charge in [0, 0.05) is 39.1 Å². The van der Waals surface area contributed by atoms with E-state index < -0.39 is 0 Å². The summed E-state index contributed by atoms with van der Waals surface area (Å²) in [5.74, 6) is 1.24. The number of piperazine rings is 1. The van der Waals surface area contributed by atoms with Crippen LogP contribution in [-0.2, 0) is 17.8 Å². The van der Waals surface area contributed by atoms with Crippen LogP contribution in [0.25, 0.3) is 0 Å². The third-order valence-corrected chi connectivity index (χ3v) is 4.08. The lowest BCUT2D eigenvalue weighted by Crippen LogP contribution is -2.49. The van der Waals surface area contributed by atoms with Crippen molar-refractivity contribution in [3.8, 4) is 5.75 Å². The highest BCUT2D eigenvalue weighted by Gasteiger charge is 2.18. The number of nitrogens with one attached hydrogen (secondary N) is 1. The van der Waals surface area contributed by atoms with Crippen LogP contribution >= 0.6 is 0 Å². The van der Waals surface area contributed by atoms with Gasteiger partial charge in [0.1, 0.15) is 5.75 Å². The van der Waals surface area contributed by atoms with E-state index in [9.17, 15) is 4.79 Å². The van der Waals surface area contributed by atoms with Crippen LogP contribution in [0.2, 0.25) is 0 Å². The lowest BCUT2D eigenvalue weighted by Gasteiger charge is -2.29. The Hall–Kier alpha value is -1.59. The Balaban J connectivity index is 1.53. The summed E-state index contributed by atoms with van der Waals surface area (Å²) in [5, 5.41) is 3.27. The Bertz CT molecular complexity index is 512. The molecule has 0 unspecified atom stereocenters. The van der Waals surface area contributed by atoms with Crippen molar-refractivity contribution in [2.24, 2.45) is 0 Å². The van der Waals surface area contributed by atoms with Crippen molar-refractivity contribution >= 4 is 5.91 Å². The molecule has 1 saturated heterocycles. The van der Waals surface area contributed by atoms with Crippen molar-refractivity contribution in [1.82, 2.24) is 15.1 Å². The SMILES string of the molecule is CN(CC(=O)N1CCNCC1)Cc1ccc2c(c1)CCO2. The number of hydrogen-bond acceptors (Lipinski definition) is 4. The molecule has 0 radical (unpaired) electrons. The van der Waals surface area contributed by atoms with Crippen LogP contribution in [0.15, 0.2) is 18.2 Å². The Labute approximate surface area is 125 Å². The summed E-state index contributed by atoms with van der Waals surface area (Å²) in [5.41, 5.74) is 2.53. The van der Waals surface area contributed by atoms with Crippen molar-refractivity contribution in [3.63, 3.8) is 0 Å². The highest BCUT2D eigenvalue weighted by Crippen LogP contribution is 2.26. The summed E-state index contributed by atoms with van der Waals surface area (Å²) >= 11 is 0. The van der Waals surface area contributed by atoms with Gasteiger partial charge >= 0.3 is 0 Å². The van der Waals surface area contributed by atoms with Crippen LogP contribution in [0.4, 0.5) is 0 Å². The maximum absolute atomic E-state index is 12.2. The van der Waals surface area contributed by atoms with Gasteiger partial charge in [0.15, 0.2) is 0 Å². The van der Waals surface area contributed by atoms with Crippen LogP contribution in [0.3, 0.4) is 0 Å². The third-order valence-electron chi connectivity index (χ3n) is 4.08. The molecule has 2 heterocycles. The minimum atomic E-state index is 0.225. The Morgan fingerprint density at radius 3 is 3.00 bits per heavy atom. The Morgan fingerprint density at radius 2 is 2.19 bits per heavy atom. The lowest BCUT2D eigenvalue weighted by molar-refractivity contribution is -0.132. The zero-order valence-electron chi connectivity index (χ0n) is 12.6. The summed E-state index contributed by atoms with van der Waals surface area (Å²) < 4.78 is 5.52. The first-order valence-electron chi connectivity index (χ1n) is 7.64. The second kappa shape index (κ2) is 6.45. The van der Waals surface area contributed by atoms with Crippen LogP contribution in [-0.4, -0.2) is 62.1 Å². The van der Waals surface area contributed by atoms with Gasteiger partial charge in [-0.15, -0.1) is 0 Å². The number of amides is 1. The highest BCUT2D eigenvalue weighted by molar-refractivity contribution is 5.78. The highest BCUT2D eigenvalue weighted by atomic mass is 16.5. The number of carbonyl (C=O) groups is 1. The lowest BCUT2D eigenvalue weighted by atomic mass is 10.1. The molecule has 1 N–H and O–H groups in total. The number of rotatable bonds is 4. The number of likely N-dealkylation sites (N-methyl/N-ethyl adjacent to an activating group) is 1. The Kier molecular flexibility index (Phi) is 4.41. The van der Waals surface area contributed by atoms with E-state index in [1.807, 2.05) is 18.0 Å². The first-order valence-corrected chi connectivity index (χ1v) is 7.64. The molecule has 0 bridgehead atoms. The summed E-state index contributed by atoms with van der Waals surface area (Å²) in [4.78, 5) is 16.3. The molecule has 1 aromatic carbocycles. The maximum atomic E-state index is 12.2. The predicted octanol–water partition coefficient (Wildman–Crippen LogP) is 0.485. The van der Waals surface area contributed by atoms with E-state index in [1.54, 1.807) is 0 Å². The number of carbonyl (C=O) groups excluding carboxylic acids is 1. The van der Waals surface area contributed by atoms with Crippen LogP contribution in [0.5, 0.6) is 5.75 Å². The summed E-state index contributed by atoms with van der Waals surface area (Å²) in [6.45, 7) is 5.51. The molecule has 5 heteroatoms. The molecule has 0 aliphatic carbocycles. The molecule has 21 heavy (non-hydrogen) atoms. The minimum absolute atomic E-state index is 0.225. The average molecular weight is 289 g/mol. The molecule has 0 saturated carbocycles. The average Bonchev–Trinajstić information content (AvgIpc) is 2.95. The van der Waals surface area contributed by atoms with Gasteiger partial charge < -0.3 is 15.0 Å². The van der Waals surface area contributed by atoms with Crippen LogP contribution < -0.4 is 10.1 Å². The van der Waals surface area contributed by atoms with Gasteiger partial charge in [-0.1, -0.05) is 12.1 Å². The molecule has 1 aromatic rings. The normalized spacial score (nSPS) is 17.7. The largest absolute Gasteiger partial charge is 0.493 e. The molecule has 0 spiro atoms. The van der Waals surface area contributed by atoms with E-state index in [0.717, 1.165) is 51.5 Å². The quantitative estimate of drug-likeness (QED) is 0.876. The smallest absolute Gasteiger partial charge is 0.236 e. The molecular formula is C16H23N3O2. The fourth-order valence-electron chi connectivity index (χ4n) is 2.95. The van der Waals surface area contributed by atoms with Crippen LogP contribution in [0.1, 0.15) is 11.1 Å². The van der Waals surface area contributed by atoms with Crippen molar-refractivity contribution < 1.29 is 9.53 Å². The van der Waals surface area contributed by atoms with Gasteiger partial charge in [-0.3, -0.25) is 9.69 Å². The van der Waals surface area contributed by atoms with E-state index in [4.69, 9.17) is 4.74 Å². The second-order valence-electron chi connectivity index (χ2n) is 5.84. The maximum Gasteiger partial charge on any atom is 0.236 e. The van der Waals surface area contributed by atoms with Crippen molar-refractivity contribution in [3.05, 3.63) is 29.3 Å². The zero-order chi connectivity index (χ0) is 14.7. The van der Waals surface area contributed by atoms with Crippen molar-refractivity contribution in [2.45, 2.75) is 13.0 Å².